The largest absolute Gasteiger partial charge is 0.350 e. The van der Waals surface area contributed by atoms with Gasteiger partial charge in [-0.3, -0.25) is 4.79 Å². The Hall–Kier alpha value is -1.04. The fourth-order valence-electron chi connectivity index (χ4n) is 1.43. The van der Waals surface area contributed by atoms with Crippen LogP contribution in [0.2, 0.25) is 0 Å². The normalized spacial score (nSPS) is 10.6. The first-order chi connectivity index (χ1) is 6.14. The third-order valence-corrected chi connectivity index (χ3v) is 2.67. The van der Waals surface area contributed by atoms with Crippen molar-refractivity contribution >= 4 is 5.91 Å². The number of nitriles is 1. The Balaban J connectivity index is 4.26. The Morgan fingerprint density at radius 1 is 1.31 bits per heavy atom. The summed E-state index contributed by atoms with van der Waals surface area (Å²) < 4.78 is 0. The molecule has 0 aromatic heterocycles. The van der Waals surface area contributed by atoms with Crippen LogP contribution in [0.5, 0.6) is 0 Å². The molecule has 0 bridgehead atoms. The van der Waals surface area contributed by atoms with Gasteiger partial charge in [0.2, 0.25) is 5.91 Å². The minimum atomic E-state index is -0.159. The van der Waals surface area contributed by atoms with Crippen LogP contribution < -0.4 is 5.32 Å². The summed E-state index contributed by atoms with van der Waals surface area (Å²) in [4.78, 5) is 11.2. The van der Waals surface area contributed by atoms with Crippen LogP contribution in [-0.2, 0) is 4.79 Å². The topological polar surface area (TPSA) is 52.9 Å². The van der Waals surface area contributed by atoms with Crippen molar-refractivity contribution in [3.8, 4) is 6.07 Å². The van der Waals surface area contributed by atoms with Gasteiger partial charge in [0.25, 0.3) is 0 Å². The highest BCUT2D eigenvalue weighted by Crippen LogP contribution is 2.19. The molecule has 1 amide bonds. The monoisotopic (exact) mass is 182 g/mol. The second-order valence-corrected chi connectivity index (χ2v) is 3.22. The number of amides is 1. The molecule has 13 heavy (non-hydrogen) atoms. The molecule has 3 heteroatoms. The molecule has 74 valence electrons. The van der Waals surface area contributed by atoms with E-state index in [1.165, 1.54) is 0 Å². The lowest BCUT2D eigenvalue weighted by atomic mass is 9.90. The van der Waals surface area contributed by atoms with Gasteiger partial charge in [0.1, 0.15) is 6.42 Å². The smallest absolute Gasteiger partial charge is 0.234 e. The fourth-order valence-corrected chi connectivity index (χ4v) is 1.43. The highest BCUT2D eigenvalue weighted by molar-refractivity contribution is 5.78. The predicted octanol–water partition coefficient (Wildman–Crippen LogP) is 1.99. The molecule has 0 saturated carbocycles. The molecule has 0 aromatic carbocycles. The van der Waals surface area contributed by atoms with Crippen molar-refractivity contribution in [1.29, 1.82) is 5.26 Å². The van der Waals surface area contributed by atoms with Crippen LogP contribution in [0.3, 0.4) is 0 Å². The number of hydrogen-bond donors (Lipinski definition) is 1. The molecule has 0 aliphatic heterocycles. The molecule has 0 unspecified atom stereocenters. The highest BCUT2D eigenvalue weighted by Gasteiger charge is 2.25. The molecular weight excluding hydrogens is 164 g/mol. The third-order valence-electron chi connectivity index (χ3n) is 2.67. The zero-order chi connectivity index (χ0) is 10.3. The van der Waals surface area contributed by atoms with Gasteiger partial charge in [0.05, 0.1) is 6.07 Å². The standard InChI is InChI=1S/C10H18N2O/c1-4-10(5-2,6-3)12-9(13)7-8-11/h4-7H2,1-3H3,(H,12,13). The molecule has 0 radical (unpaired) electrons. The maximum Gasteiger partial charge on any atom is 0.234 e. The van der Waals surface area contributed by atoms with Crippen LogP contribution in [0.15, 0.2) is 0 Å². The van der Waals surface area contributed by atoms with E-state index < -0.39 is 0 Å². The van der Waals surface area contributed by atoms with E-state index in [4.69, 9.17) is 5.26 Å². The van der Waals surface area contributed by atoms with Crippen molar-refractivity contribution in [1.82, 2.24) is 5.32 Å². The van der Waals surface area contributed by atoms with Crippen LogP contribution in [0.4, 0.5) is 0 Å². The molecule has 0 fully saturated rings. The van der Waals surface area contributed by atoms with Gasteiger partial charge in [-0.25, -0.2) is 0 Å². The van der Waals surface area contributed by atoms with Crippen LogP contribution in [-0.4, -0.2) is 11.4 Å². The second kappa shape index (κ2) is 5.58. The molecule has 0 rings (SSSR count). The van der Waals surface area contributed by atoms with Gasteiger partial charge in [-0.2, -0.15) is 5.26 Å². The van der Waals surface area contributed by atoms with Gasteiger partial charge in [0, 0.05) is 5.54 Å². The molecule has 0 spiro atoms. The summed E-state index contributed by atoms with van der Waals surface area (Å²) in [7, 11) is 0. The maximum atomic E-state index is 11.2. The van der Waals surface area contributed by atoms with E-state index in [-0.39, 0.29) is 17.9 Å². The van der Waals surface area contributed by atoms with Crippen LogP contribution in [0.1, 0.15) is 46.5 Å². The van der Waals surface area contributed by atoms with Gasteiger partial charge in [-0.15, -0.1) is 0 Å². The lowest BCUT2D eigenvalue weighted by Crippen LogP contribution is -2.46. The quantitative estimate of drug-likeness (QED) is 0.706. The van der Waals surface area contributed by atoms with Crippen molar-refractivity contribution in [2.24, 2.45) is 0 Å². The maximum absolute atomic E-state index is 11.2. The summed E-state index contributed by atoms with van der Waals surface area (Å²) in [6.07, 6.45) is 2.70. The van der Waals surface area contributed by atoms with E-state index in [2.05, 4.69) is 26.1 Å². The first kappa shape index (κ1) is 12.0. The van der Waals surface area contributed by atoms with E-state index in [1.807, 2.05) is 6.07 Å². The van der Waals surface area contributed by atoms with Gasteiger partial charge >= 0.3 is 0 Å². The Bertz CT molecular complexity index is 193. The fraction of sp³-hybridized carbons (Fsp3) is 0.800. The van der Waals surface area contributed by atoms with Crippen molar-refractivity contribution in [2.45, 2.75) is 52.0 Å². The van der Waals surface area contributed by atoms with Gasteiger partial charge in [-0.05, 0) is 19.3 Å². The molecular formula is C10H18N2O. The summed E-state index contributed by atoms with van der Waals surface area (Å²) in [6.45, 7) is 6.17. The number of carbonyl (C=O) groups is 1. The van der Waals surface area contributed by atoms with Crippen molar-refractivity contribution in [3.05, 3.63) is 0 Å². The molecule has 0 aromatic rings. The molecule has 0 atom stereocenters. The molecule has 0 aliphatic rings. The zero-order valence-corrected chi connectivity index (χ0v) is 8.68. The highest BCUT2D eigenvalue weighted by atomic mass is 16.1. The average Bonchev–Trinajstić information content (AvgIpc) is 2.15. The summed E-state index contributed by atoms with van der Waals surface area (Å²) in [5, 5.41) is 11.3. The SMILES string of the molecule is CCC(CC)(CC)NC(=O)CC#N. The Morgan fingerprint density at radius 2 is 1.77 bits per heavy atom. The summed E-state index contributed by atoms with van der Waals surface area (Å²) in [5.41, 5.74) is -0.103. The number of nitrogens with one attached hydrogen (secondary N) is 1. The van der Waals surface area contributed by atoms with Gasteiger partial charge < -0.3 is 5.32 Å². The van der Waals surface area contributed by atoms with Crippen molar-refractivity contribution in [2.75, 3.05) is 0 Å². The first-order valence-electron chi connectivity index (χ1n) is 4.82. The van der Waals surface area contributed by atoms with Gasteiger partial charge in [-0.1, -0.05) is 20.8 Å². The van der Waals surface area contributed by atoms with Gasteiger partial charge in [0.15, 0.2) is 0 Å². The van der Waals surface area contributed by atoms with Crippen LogP contribution in [0, 0.1) is 11.3 Å². The Kier molecular flexibility index (Phi) is 5.13. The summed E-state index contributed by atoms with van der Waals surface area (Å²) in [5.74, 6) is -0.159. The van der Waals surface area contributed by atoms with Crippen molar-refractivity contribution in [3.63, 3.8) is 0 Å². The lowest BCUT2D eigenvalue weighted by molar-refractivity contribution is -0.122. The first-order valence-corrected chi connectivity index (χ1v) is 4.82. The van der Waals surface area contributed by atoms with E-state index in [0.29, 0.717) is 0 Å². The molecule has 3 nitrogen and oxygen atoms in total. The number of hydrogen-bond acceptors (Lipinski definition) is 2. The number of carbonyl (C=O) groups excluding carboxylic acids is 1. The zero-order valence-electron chi connectivity index (χ0n) is 8.68. The second-order valence-electron chi connectivity index (χ2n) is 3.22. The summed E-state index contributed by atoms with van der Waals surface area (Å²) >= 11 is 0. The predicted molar refractivity (Wildman–Crippen MR) is 52.0 cm³/mol. The molecule has 0 heterocycles. The number of nitrogens with zero attached hydrogens (tertiary/aromatic N) is 1. The van der Waals surface area contributed by atoms with E-state index in [1.54, 1.807) is 0 Å². The average molecular weight is 182 g/mol. The minimum Gasteiger partial charge on any atom is -0.350 e. The number of rotatable bonds is 5. The van der Waals surface area contributed by atoms with Crippen LogP contribution in [0.25, 0.3) is 0 Å². The minimum absolute atomic E-state index is 0.0399. The van der Waals surface area contributed by atoms with Crippen LogP contribution >= 0.6 is 0 Å². The Morgan fingerprint density at radius 3 is 2.08 bits per heavy atom. The molecule has 0 aliphatic carbocycles. The molecule has 1 N–H and O–H groups in total. The molecule has 0 saturated heterocycles. The van der Waals surface area contributed by atoms with E-state index in [0.717, 1.165) is 19.3 Å². The Labute approximate surface area is 80.1 Å². The lowest BCUT2D eigenvalue weighted by Gasteiger charge is -2.31. The third kappa shape index (κ3) is 3.45. The van der Waals surface area contributed by atoms with Crippen molar-refractivity contribution < 1.29 is 4.79 Å². The van der Waals surface area contributed by atoms with E-state index >= 15 is 0 Å². The summed E-state index contributed by atoms with van der Waals surface area (Å²) in [6, 6.07) is 1.85. The van der Waals surface area contributed by atoms with E-state index in [9.17, 15) is 4.79 Å².